The Hall–Kier alpha value is -1.55. The average Bonchev–Trinajstić information content (AvgIpc) is 2.46. The van der Waals surface area contributed by atoms with Gasteiger partial charge in [0.2, 0.25) is 5.91 Å². The van der Waals surface area contributed by atoms with Gasteiger partial charge in [-0.3, -0.25) is 9.80 Å². The van der Waals surface area contributed by atoms with E-state index >= 15 is 0 Å². The molecule has 0 saturated heterocycles. The van der Waals surface area contributed by atoms with E-state index in [2.05, 4.69) is 5.43 Å². The summed E-state index contributed by atoms with van der Waals surface area (Å²) in [4.78, 5) is 10.8. The second-order valence-electron chi connectivity index (χ2n) is 2.67. The first-order valence-electron chi connectivity index (χ1n) is 3.69. The van der Waals surface area contributed by atoms with Gasteiger partial charge >= 0.3 is 0 Å². The van der Waals surface area contributed by atoms with Crippen molar-refractivity contribution in [3.63, 3.8) is 0 Å². The summed E-state index contributed by atoms with van der Waals surface area (Å²) in [6, 6.07) is -0.382. The molecule has 0 aliphatic carbocycles. The van der Waals surface area contributed by atoms with E-state index in [0.717, 1.165) is 5.70 Å². The lowest BCUT2D eigenvalue weighted by atomic mass is 10.2. The molecule has 0 aromatic heterocycles. The van der Waals surface area contributed by atoms with Gasteiger partial charge in [-0.1, -0.05) is 6.08 Å². The Labute approximate surface area is 70.0 Å². The van der Waals surface area contributed by atoms with Crippen molar-refractivity contribution < 1.29 is 4.79 Å². The summed E-state index contributed by atoms with van der Waals surface area (Å²) >= 11 is 0. The standard InChI is InChI=1S/C8H9N3O/c9-8(12)7-5-6-3-1-2-4-11(6)10-7/h1-5,7,10H,(H2,9,12). The van der Waals surface area contributed by atoms with Gasteiger partial charge in [-0.2, -0.15) is 0 Å². The number of allylic oxidation sites excluding steroid dienone is 3. The van der Waals surface area contributed by atoms with Crippen LogP contribution in [0.2, 0.25) is 0 Å². The van der Waals surface area contributed by atoms with Crippen LogP contribution < -0.4 is 11.2 Å². The molecule has 0 fully saturated rings. The minimum atomic E-state index is -0.382. The molecule has 4 heteroatoms. The van der Waals surface area contributed by atoms with E-state index in [0.29, 0.717) is 0 Å². The molecule has 0 spiro atoms. The lowest BCUT2D eigenvalue weighted by Crippen LogP contribution is -2.41. The van der Waals surface area contributed by atoms with Gasteiger partial charge in [-0.25, -0.2) is 5.43 Å². The van der Waals surface area contributed by atoms with Gasteiger partial charge in [0, 0.05) is 6.20 Å². The molecular formula is C8H9N3O. The molecule has 1 unspecified atom stereocenters. The zero-order chi connectivity index (χ0) is 8.55. The molecule has 0 aromatic rings. The molecule has 1 amide bonds. The largest absolute Gasteiger partial charge is 0.368 e. The highest BCUT2D eigenvalue weighted by Crippen LogP contribution is 2.16. The number of hydrazine groups is 1. The lowest BCUT2D eigenvalue weighted by Gasteiger charge is -2.18. The Bertz CT molecular complexity index is 303. The van der Waals surface area contributed by atoms with E-state index in [9.17, 15) is 4.79 Å². The van der Waals surface area contributed by atoms with Gasteiger partial charge in [0.25, 0.3) is 0 Å². The maximum atomic E-state index is 10.8. The fraction of sp³-hybridized carbons (Fsp3) is 0.125. The molecule has 2 aliphatic rings. The Morgan fingerprint density at radius 1 is 1.58 bits per heavy atom. The minimum absolute atomic E-state index is 0.362. The predicted octanol–water partition coefficient (Wildman–Crippen LogP) is -0.372. The van der Waals surface area contributed by atoms with E-state index in [-0.39, 0.29) is 11.9 Å². The summed E-state index contributed by atoms with van der Waals surface area (Å²) in [6.45, 7) is 0. The summed E-state index contributed by atoms with van der Waals surface area (Å²) < 4.78 is 0. The zero-order valence-corrected chi connectivity index (χ0v) is 6.40. The number of carbonyl (C=O) groups excluding carboxylic acids is 1. The molecule has 2 heterocycles. The third-order valence-electron chi connectivity index (χ3n) is 1.81. The van der Waals surface area contributed by atoms with Crippen LogP contribution >= 0.6 is 0 Å². The SMILES string of the molecule is NC(=O)C1C=C2C=CC=CN2N1. The summed E-state index contributed by atoms with van der Waals surface area (Å²) in [5.41, 5.74) is 9.01. The van der Waals surface area contributed by atoms with Crippen molar-refractivity contribution in [2.24, 2.45) is 5.73 Å². The van der Waals surface area contributed by atoms with E-state index in [1.54, 1.807) is 11.1 Å². The van der Waals surface area contributed by atoms with Crippen LogP contribution in [-0.4, -0.2) is 17.0 Å². The van der Waals surface area contributed by atoms with Gasteiger partial charge in [-0.05, 0) is 18.2 Å². The number of nitrogens with two attached hydrogens (primary N) is 1. The molecular weight excluding hydrogens is 154 g/mol. The smallest absolute Gasteiger partial charge is 0.240 e. The van der Waals surface area contributed by atoms with Crippen LogP contribution in [0.15, 0.2) is 36.2 Å². The van der Waals surface area contributed by atoms with Gasteiger partial charge in [0.15, 0.2) is 0 Å². The summed E-state index contributed by atoms with van der Waals surface area (Å²) in [7, 11) is 0. The molecule has 1 atom stereocenters. The Kier molecular flexibility index (Phi) is 1.48. The number of nitrogens with zero attached hydrogens (tertiary/aromatic N) is 1. The molecule has 0 saturated carbocycles. The molecule has 2 rings (SSSR count). The Morgan fingerprint density at radius 2 is 2.42 bits per heavy atom. The molecule has 0 aromatic carbocycles. The number of fused-ring (bicyclic) bond motifs is 1. The molecule has 62 valence electrons. The Balaban J connectivity index is 2.23. The van der Waals surface area contributed by atoms with Crippen molar-refractivity contribution >= 4 is 5.91 Å². The Morgan fingerprint density at radius 3 is 3.08 bits per heavy atom. The van der Waals surface area contributed by atoms with Gasteiger partial charge in [-0.15, -0.1) is 0 Å². The van der Waals surface area contributed by atoms with Gasteiger partial charge < -0.3 is 5.73 Å². The summed E-state index contributed by atoms with van der Waals surface area (Å²) in [5.74, 6) is -0.362. The zero-order valence-electron chi connectivity index (χ0n) is 6.40. The third kappa shape index (κ3) is 1.02. The summed E-state index contributed by atoms with van der Waals surface area (Å²) in [5, 5.41) is 1.77. The third-order valence-corrected chi connectivity index (χ3v) is 1.81. The van der Waals surface area contributed by atoms with E-state index < -0.39 is 0 Å². The number of hydrogen-bond acceptors (Lipinski definition) is 3. The minimum Gasteiger partial charge on any atom is -0.368 e. The number of primary amides is 1. The number of hydrogen-bond donors (Lipinski definition) is 2. The molecule has 12 heavy (non-hydrogen) atoms. The number of amides is 1. The normalized spacial score (nSPS) is 25.5. The fourth-order valence-corrected chi connectivity index (χ4v) is 1.21. The molecule has 3 N–H and O–H groups in total. The first-order chi connectivity index (χ1) is 5.77. The highest BCUT2D eigenvalue weighted by molar-refractivity contribution is 5.82. The second-order valence-corrected chi connectivity index (χ2v) is 2.67. The van der Waals surface area contributed by atoms with Crippen molar-refractivity contribution in [3.8, 4) is 0 Å². The van der Waals surface area contributed by atoms with Gasteiger partial charge in [0.1, 0.15) is 6.04 Å². The molecule has 2 aliphatic heterocycles. The first kappa shape index (κ1) is 7.12. The molecule has 0 radical (unpaired) electrons. The maximum absolute atomic E-state index is 10.8. The summed E-state index contributed by atoms with van der Waals surface area (Å²) in [6.07, 6.45) is 9.34. The van der Waals surface area contributed by atoms with Crippen molar-refractivity contribution in [1.82, 2.24) is 10.4 Å². The average molecular weight is 163 g/mol. The first-order valence-corrected chi connectivity index (χ1v) is 3.69. The second kappa shape index (κ2) is 2.49. The highest BCUT2D eigenvalue weighted by Gasteiger charge is 2.23. The quantitative estimate of drug-likeness (QED) is 0.554. The van der Waals surface area contributed by atoms with Crippen molar-refractivity contribution in [2.45, 2.75) is 6.04 Å². The number of carbonyl (C=O) groups is 1. The van der Waals surface area contributed by atoms with E-state index in [1.807, 2.05) is 24.4 Å². The lowest BCUT2D eigenvalue weighted by molar-refractivity contribution is -0.119. The van der Waals surface area contributed by atoms with Crippen molar-refractivity contribution in [1.29, 1.82) is 0 Å². The maximum Gasteiger partial charge on any atom is 0.240 e. The van der Waals surface area contributed by atoms with Crippen LogP contribution in [0.25, 0.3) is 0 Å². The van der Waals surface area contributed by atoms with E-state index in [1.165, 1.54) is 0 Å². The number of rotatable bonds is 1. The van der Waals surface area contributed by atoms with Crippen molar-refractivity contribution in [3.05, 3.63) is 36.2 Å². The van der Waals surface area contributed by atoms with Crippen molar-refractivity contribution in [2.75, 3.05) is 0 Å². The van der Waals surface area contributed by atoms with Crippen LogP contribution in [0.4, 0.5) is 0 Å². The van der Waals surface area contributed by atoms with Crippen LogP contribution in [0.5, 0.6) is 0 Å². The molecule has 4 nitrogen and oxygen atoms in total. The van der Waals surface area contributed by atoms with Crippen LogP contribution in [0, 0.1) is 0 Å². The topological polar surface area (TPSA) is 58.4 Å². The van der Waals surface area contributed by atoms with Gasteiger partial charge in [0.05, 0.1) is 5.70 Å². The van der Waals surface area contributed by atoms with Crippen LogP contribution in [0.3, 0.4) is 0 Å². The fourth-order valence-electron chi connectivity index (χ4n) is 1.21. The van der Waals surface area contributed by atoms with Crippen LogP contribution in [-0.2, 0) is 4.79 Å². The highest BCUT2D eigenvalue weighted by atomic mass is 16.1. The molecule has 0 bridgehead atoms. The predicted molar refractivity (Wildman–Crippen MR) is 44.3 cm³/mol. The van der Waals surface area contributed by atoms with E-state index in [4.69, 9.17) is 5.73 Å². The number of nitrogens with one attached hydrogen (secondary N) is 1. The van der Waals surface area contributed by atoms with Crippen LogP contribution in [0.1, 0.15) is 0 Å². The monoisotopic (exact) mass is 163 g/mol.